The Kier molecular flexibility index (Phi) is 4.88. The third-order valence-electron chi connectivity index (χ3n) is 3.97. The Bertz CT molecular complexity index is 1050. The number of hydrogen-bond acceptors (Lipinski definition) is 4. The highest BCUT2D eigenvalue weighted by Crippen LogP contribution is 2.37. The first kappa shape index (κ1) is 17.5. The van der Waals surface area contributed by atoms with Gasteiger partial charge in [-0.25, -0.2) is 9.64 Å². The number of thiophene rings is 1. The van der Waals surface area contributed by atoms with E-state index < -0.39 is 5.97 Å². The van der Waals surface area contributed by atoms with Crippen molar-refractivity contribution in [1.82, 2.24) is 4.57 Å². The molecule has 3 aromatic rings. The van der Waals surface area contributed by atoms with E-state index in [-0.39, 0.29) is 6.61 Å². The van der Waals surface area contributed by atoms with Crippen LogP contribution in [-0.2, 0) is 11.8 Å². The Morgan fingerprint density at radius 2 is 2.00 bits per heavy atom. The number of aryl methyl sites for hydroxylation is 1. The summed E-state index contributed by atoms with van der Waals surface area (Å²) in [5.41, 5.74) is 3.66. The smallest absolute Gasteiger partial charge is 0.354 e. The average molecular weight is 361 g/mol. The summed E-state index contributed by atoms with van der Waals surface area (Å²) in [6.07, 6.45) is 1.63. The molecule has 0 N–H and O–H groups in total. The van der Waals surface area contributed by atoms with E-state index in [2.05, 4.69) is 10.9 Å². The molecular formula is C20H15N3O2S. The number of esters is 1. The standard InChI is InChI=1S/C20H15N3O2S/c1-4-25-20(24)18-17(16(22-2)12-23(18)3)13-5-7-14(8-6-13)19-15(11-21)9-10-26-19/h5-10,12H,4H2,1,3H3. The molecule has 0 aliphatic carbocycles. The van der Waals surface area contributed by atoms with Gasteiger partial charge in [0.25, 0.3) is 0 Å². The Morgan fingerprint density at radius 1 is 1.31 bits per heavy atom. The van der Waals surface area contributed by atoms with Gasteiger partial charge in [-0.2, -0.15) is 5.26 Å². The first-order chi connectivity index (χ1) is 12.6. The summed E-state index contributed by atoms with van der Waals surface area (Å²) in [5.74, 6) is -0.450. The van der Waals surface area contributed by atoms with Crippen molar-refractivity contribution in [3.63, 3.8) is 0 Å². The Labute approximate surface area is 155 Å². The van der Waals surface area contributed by atoms with Crippen molar-refractivity contribution in [3.8, 4) is 27.6 Å². The second-order valence-electron chi connectivity index (χ2n) is 5.53. The van der Waals surface area contributed by atoms with Crippen LogP contribution in [-0.4, -0.2) is 17.1 Å². The number of rotatable bonds is 4. The average Bonchev–Trinajstić information content (AvgIpc) is 3.25. The van der Waals surface area contributed by atoms with Gasteiger partial charge < -0.3 is 9.30 Å². The van der Waals surface area contributed by atoms with E-state index in [1.165, 1.54) is 11.3 Å². The maximum Gasteiger partial charge on any atom is 0.354 e. The highest BCUT2D eigenvalue weighted by molar-refractivity contribution is 7.13. The van der Waals surface area contributed by atoms with Crippen LogP contribution in [0.5, 0.6) is 0 Å². The van der Waals surface area contributed by atoms with Crippen molar-refractivity contribution >= 4 is 23.0 Å². The van der Waals surface area contributed by atoms with Crippen molar-refractivity contribution in [3.05, 3.63) is 64.6 Å². The molecule has 0 atom stereocenters. The molecule has 0 aliphatic rings. The molecule has 0 amide bonds. The van der Waals surface area contributed by atoms with E-state index in [4.69, 9.17) is 11.3 Å². The van der Waals surface area contributed by atoms with Crippen molar-refractivity contribution in [1.29, 1.82) is 5.26 Å². The van der Waals surface area contributed by atoms with Crippen LogP contribution in [0, 0.1) is 17.9 Å². The summed E-state index contributed by atoms with van der Waals surface area (Å²) in [6.45, 7) is 9.44. The fourth-order valence-corrected chi connectivity index (χ4v) is 3.69. The molecule has 2 heterocycles. The Balaban J connectivity index is 2.09. The van der Waals surface area contributed by atoms with Gasteiger partial charge in [0, 0.05) is 18.8 Å². The summed E-state index contributed by atoms with van der Waals surface area (Å²) in [7, 11) is 1.73. The Hall–Kier alpha value is -3.35. The molecule has 5 nitrogen and oxygen atoms in total. The van der Waals surface area contributed by atoms with Gasteiger partial charge >= 0.3 is 5.97 Å². The van der Waals surface area contributed by atoms with Gasteiger partial charge in [-0.05, 0) is 29.5 Å². The first-order valence-corrected chi connectivity index (χ1v) is 8.81. The number of hydrogen-bond donors (Lipinski definition) is 0. The van der Waals surface area contributed by atoms with Crippen LogP contribution in [0.25, 0.3) is 26.4 Å². The zero-order chi connectivity index (χ0) is 18.7. The molecule has 0 radical (unpaired) electrons. The normalized spacial score (nSPS) is 10.2. The van der Waals surface area contributed by atoms with Gasteiger partial charge in [0.2, 0.25) is 5.69 Å². The van der Waals surface area contributed by atoms with Crippen LogP contribution in [0.4, 0.5) is 5.69 Å². The quantitative estimate of drug-likeness (QED) is 0.484. The largest absolute Gasteiger partial charge is 0.461 e. The van der Waals surface area contributed by atoms with Crippen LogP contribution in [0.15, 0.2) is 41.9 Å². The first-order valence-electron chi connectivity index (χ1n) is 7.93. The van der Waals surface area contributed by atoms with Crippen LogP contribution in [0.2, 0.25) is 0 Å². The predicted molar refractivity (Wildman–Crippen MR) is 101 cm³/mol. The van der Waals surface area contributed by atoms with E-state index in [0.29, 0.717) is 22.5 Å². The molecule has 1 aromatic carbocycles. The monoisotopic (exact) mass is 361 g/mol. The molecule has 128 valence electrons. The number of benzene rings is 1. The number of nitrogens with zero attached hydrogens (tertiary/aromatic N) is 3. The van der Waals surface area contributed by atoms with E-state index in [1.54, 1.807) is 30.8 Å². The summed E-state index contributed by atoms with van der Waals surface area (Å²) in [4.78, 5) is 16.8. The van der Waals surface area contributed by atoms with Crippen molar-refractivity contribution in [2.24, 2.45) is 7.05 Å². The predicted octanol–water partition coefficient (Wildman–Crippen LogP) is 5.02. The molecule has 0 unspecified atom stereocenters. The number of aromatic nitrogens is 1. The van der Waals surface area contributed by atoms with Crippen LogP contribution < -0.4 is 0 Å². The summed E-state index contributed by atoms with van der Waals surface area (Å²) in [6, 6.07) is 11.5. The molecule has 0 saturated heterocycles. The highest BCUT2D eigenvalue weighted by Gasteiger charge is 2.22. The minimum atomic E-state index is -0.450. The van der Waals surface area contributed by atoms with E-state index in [9.17, 15) is 10.1 Å². The lowest BCUT2D eigenvalue weighted by Crippen LogP contribution is -2.10. The van der Waals surface area contributed by atoms with Crippen molar-refractivity contribution in [2.75, 3.05) is 6.61 Å². The molecule has 2 aromatic heterocycles. The summed E-state index contributed by atoms with van der Waals surface area (Å²) < 4.78 is 6.77. The minimum absolute atomic E-state index is 0.269. The van der Waals surface area contributed by atoms with Gasteiger partial charge in [-0.1, -0.05) is 24.3 Å². The van der Waals surface area contributed by atoms with Crippen LogP contribution >= 0.6 is 11.3 Å². The fraction of sp³-hybridized carbons (Fsp3) is 0.150. The van der Waals surface area contributed by atoms with Crippen LogP contribution in [0.1, 0.15) is 23.0 Å². The van der Waals surface area contributed by atoms with E-state index in [1.807, 2.05) is 29.6 Å². The topological polar surface area (TPSA) is 59.4 Å². The lowest BCUT2D eigenvalue weighted by Gasteiger charge is -2.09. The van der Waals surface area contributed by atoms with E-state index in [0.717, 1.165) is 16.0 Å². The number of nitriles is 1. The molecule has 3 rings (SSSR count). The third kappa shape index (κ3) is 2.99. The summed E-state index contributed by atoms with van der Waals surface area (Å²) >= 11 is 1.51. The number of carbonyl (C=O) groups excluding carboxylic acids is 1. The SMILES string of the molecule is [C-]#[N+]c1cn(C)c(C(=O)OCC)c1-c1ccc(-c2sccc2C#N)cc1. The number of ether oxygens (including phenoxy) is 1. The van der Waals surface area contributed by atoms with Crippen molar-refractivity contribution in [2.45, 2.75) is 6.92 Å². The Morgan fingerprint density at radius 3 is 2.62 bits per heavy atom. The van der Waals surface area contributed by atoms with Crippen molar-refractivity contribution < 1.29 is 9.53 Å². The van der Waals surface area contributed by atoms with Gasteiger partial charge in [-0.3, -0.25) is 0 Å². The van der Waals surface area contributed by atoms with Gasteiger partial charge in [0.15, 0.2) is 0 Å². The molecular weight excluding hydrogens is 346 g/mol. The zero-order valence-electron chi connectivity index (χ0n) is 14.3. The molecule has 6 heteroatoms. The third-order valence-corrected chi connectivity index (χ3v) is 4.94. The second kappa shape index (κ2) is 7.26. The molecule has 0 saturated carbocycles. The molecule has 26 heavy (non-hydrogen) atoms. The van der Waals surface area contributed by atoms with E-state index >= 15 is 0 Å². The second-order valence-corrected chi connectivity index (χ2v) is 6.45. The highest BCUT2D eigenvalue weighted by atomic mass is 32.1. The lowest BCUT2D eigenvalue weighted by molar-refractivity contribution is 0.0516. The molecule has 0 aliphatic heterocycles. The van der Waals surface area contributed by atoms with Gasteiger partial charge in [0.05, 0.1) is 23.6 Å². The van der Waals surface area contributed by atoms with Gasteiger partial charge in [-0.15, -0.1) is 11.3 Å². The minimum Gasteiger partial charge on any atom is -0.461 e. The molecule has 0 bridgehead atoms. The molecule has 0 spiro atoms. The fourth-order valence-electron chi connectivity index (χ4n) is 2.83. The zero-order valence-corrected chi connectivity index (χ0v) is 15.1. The molecule has 0 fully saturated rings. The maximum absolute atomic E-state index is 12.3. The maximum atomic E-state index is 12.3. The van der Waals surface area contributed by atoms with Crippen LogP contribution in [0.3, 0.4) is 0 Å². The lowest BCUT2D eigenvalue weighted by atomic mass is 10.0. The van der Waals surface area contributed by atoms with Gasteiger partial charge in [0.1, 0.15) is 11.8 Å². The summed E-state index contributed by atoms with van der Waals surface area (Å²) in [5, 5.41) is 11.1. The number of carbonyl (C=O) groups is 1.